The fourth-order valence-corrected chi connectivity index (χ4v) is 1.52. The first-order chi connectivity index (χ1) is 7.15. The van der Waals surface area contributed by atoms with E-state index in [9.17, 15) is 4.79 Å². The molecule has 0 N–H and O–H groups in total. The molecule has 80 valence electrons. The molecule has 0 aliphatic carbocycles. The van der Waals surface area contributed by atoms with Crippen LogP contribution >= 0.6 is 0 Å². The fraction of sp³-hybridized carbons (Fsp3) is 0.455. The van der Waals surface area contributed by atoms with Gasteiger partial charge in [0.05, 0.1) is 13.1 Å². The highest BCUT2D eigenvalue weighted by Crippen LogP contribution is 2.16. The van der Waals surface area contributed by atoms with E-state index in [1.807, 2.05) is 25.1 Å². The third kappa shape index (κ3) is 2.26. The van der Waals surface area contributed by atoms with Crippen molar-refractivity contribution < 1.29 is 9.53 Å². The van der Waals surface area contributed by atoms with Gasteiger partial charge in [0.2, 0.25) is 11.8 Å². The first kappa shape index (κ1) is 9.96. The molecule has 0 atom stereocenters. The molecule has 1 aromatic rings. The van der Waals surface area contributed by atoms with Gasteiger partial charge in [-0.25, -0.2) is 4.98 Å². The second-order valence-corrected chi connectivity index (χ2v) is 3.78. The summed E-state index contributed by atoms with van der Waals surface area (Å²) in [6.45, 7) is 4.84. The Morgan fingerprint density at radius 1 is 1.53 bits per heavy atom. The van der Waals surface area contributed by atoms with Crippen LogP contribution in [0.5, 0.6) is 5.88 Å². The molecule has 4 nitrogen and oxygen atoms in total. The van der Waals surface area contributed by atoms with Crippen molar-refractivity contribution in [3.05, 3.63) is 23.9 Å². The van der Waals surface area contributed by atoms with Crippen LogP contribution < -0.4 is 4.74 Å². The fourth-order valence-electron chi connectivity index (χ4n) is 1.52. The van der Waals surface area contributed by atoms with Gasteiger partial charge in [0.15, 0.2) is 0 Å². The Bertz CT molecular complexity index is 373. The molecule has 0 bridgehead atoms. The molecular weight excluding hydrogens is 192 g/mol. The van der Waals surface area contributed by atoms with Crippen LogP contribution in [0.25, 0.3) is 0 Å². The summed E-state index contributed by atoms with van der Waals surface area (Å²) in [7, 11) is 0. The number of rotatable bonds is 2. The molecule has 1 aliphatic heterocycles. The predicted molar refractivity (Wildman–Crippen MR) is 55.6 cm³/mol. The van der Waals surface area contributed by atoms with Gasteiger partial charge in [0.1, 0.15) is 6.10 Å². The highest BCUT2D eigenvalue weighted by Gasteiger charge is 2.30. The Kier molecular flexibility index (Phi) is 2.58. The highest BCUT2D eigenvalue weighted by atomic mass is 16.5. The van der Waals surface area contributed by atoms with Gasteiger partial charge in [-0.1, -0.05) is 6.07 Å². The van der Waals surface area contributed by atoms with Crippen molar-refractivity contribution in [1.29, 1.82) is 0 Å². The number of carbonyl (C=O) groups excluding carboxylic acids is 1. The maximum atomic E-state index is 10.9. The second-order valence-electron chi connectivity index (χ2n) is 3.78. The SMILES string of the molecule is CC(=O)N1CC(Oc2cccc(C)n2)C1. The summed E-state index contributed by atoms with van der Waals surface area (Å²) in [5, 5.41) is 0. The van der Waals surface area contributed by atoms with E-state index in [0.717, 1.165) is 5.69 Å². The maximum Gasteiger partial charge on any atom is 0.219 e. The third-order valence-electron chi connectivity index (χ3n) is 2.44. The van der Waals surface area contributed by atoms with Crippen LogP contribution in [-0.2, 0) is 4.79 Å². The number of pyridine rings is 1. The van der Waals surface area contributed by atoms with Crippen LogP contribution in [0.3, 0.4) is 0 Å². The maximum absolute atomic E-state index is 10.9. The zero-order valence-electron chi connectivity index (χ0n) is 8.93. The van der Waals surface area contributed by atoms with Crippen molar-refractivity contribution in [3.8, 4) is 5.88 Å². The summed E-state index contributed by atoms with van der Waals surface area (Å²) in [6.07, 6.45) is 0.100. The average Bonchev–Trinajstić information content (AvgIpc) is 2.10. The molecule has 15 heavy (non-hydrogen) atoms. The van der Waals surface area contributed by atoms with Crippen molar-refractivity contribution in [2.45, 2.75) is 20.0 Å². The van der Waals surface area contributed by atoms with E-state index < -0.39 is 0 Å². The van der Waals surface area contributed by atoms with Crippen LogP contribution in [0.4, 0.5) is 0 Å². The minimum absolute atomic E-state index is 0.100. The van der Waals surface area contributed by atoms with Gasteiger partial charge in [-0.15, -0.1) is 0 Å². The lowest BCUT2D eigenvalue weighted by Gasteiger charge is -2.37. The number of nitrogens with zero attached hydrogens (tertiary/aromatic N) is 2. The van der Waals surface area contributed by atoms with Crippen molar-refractivity contribution in [3.63, 3.8) is 0 Å². The van der Waals surface area contributed by atoms with Crippen molar-refractivity contribution in [1.82, 2.24) is 9.88 Å². The van der Waals surface area contributed by atoms with Gasteiger partial charge < -0.3 is 9.64 Å². The lowest BCUT2D eigenvalue weighted by molar-refractivity contribution is -0.137. The van der Waals surface area contributed by atoms with Crippen molar-refractivity contribution >= 4 is 5.91 Å². The van der Waals surface area contributed by atoms with Gasteiger partial charge in [-0.3, -0.25) is 4.79 Å². The molecule has 1 aromatic heterocycles. The molecule has 1 amide bonds. The van der Waals surface area contributed by atoms with E-state index in [-0.39, 0.29) is 12.0 Å². The van der Waals surface area contributed by atoms with E-state index in [4.69, 9.17) is 4.74 Å². The Hall–Kier alpha value is -1.58. The van der Waals surface area contributed by atoms with Crippen LogP contribution in [0, 0.1) is 6.92 Å². The van der Waals surface area contributed by atoms with E-state index in [2.05, 4.69) is 4.98 Å². The number of amides is 1. The molecule has 0 spiro atoms. The first-order valence-electron chi connectivity index (χ1n) is 5.01. The third-order valence-corrected chi connectivity index (χ3v) is 2.44. The minimum atomic E-state index is 0.100. The van der Waals surface area contributed by atoms with Gasteiger partial charge >= 0.3 is 0 Å². The first-order valence-corrected chi connectivity index (χ1v) is 5.01. The molecule has 0 aromatic carbocycles. The van der Waals surface area contributed by atoms with E-state index in [0.29, 0.717) is 19.0 Å². The quantitative estimate of drug-likeness (QED) is 0.725. The lowest BCUT2D eigenvalue weighted by Crippen LogP contribution is -2.55. The number of aryl methyl sites for hydroxylation is 1. The topological polar surface area (TPSA) is 42.4 Å². The highest BCUT2D eigenvalue weighted by molar-refractivity contribution is 5.74. The predicted octanol–water partition coefficient (Wildman–Crippen LogP) is 1.000. The minimum Gasteiger partial charge on any atom is -0.471 e. The molecule has 1 fully saturated rings. The van der Waals surface area contributed by atoms with Gasteiger partial charge in [0, 0.05) is 18.7 Å². The summed E-state index contributed by atoms with van der Waals surface area (Å²) < 4.78 is 5.61. The van der Waals surface area contributed by atoms with Gasteiger partial charge in [0.25, 0.3) is 0 Å². The van der Waals surface area contributed by atoms with E-state index in [1.165, 1.54) is 0 Å². The van der Waals surface area contributed by atoms with Crippen LogP contribution in [0.1, 0.15) is 12.6 Å². The number of aromatic nitrogens is 1. The lowest BCUT2D eigenvalue weighted by atomic mass is 10.2. The number of likely N-dealkylation sites (tertiary alicyclic amines) is 1. The molecule has 2 heterocycles. The Morgan fingerprint density at radius 3 is 2.87 bits per heavy atom. The van der Waals surface area contributed by atoms with Crippen molar-refractivity contribution in [2.75, 3.05) is 13.1 Å². The number of hydrogen-bond donors (Lipinski definition) is 0. The molecule has 4 heteroatoms. The summed E-state index contributed by atoms with van der Waals surface area (Å²) >= 11 is 0. The molecule has 1 saturated heterocycles. The Morgan fingerprint density at radius 2 is 2.27 bits per heavy atom. The van der Waals surface area contributed by atoms with Gasteiger partial charge in [-0.2, -0.15) is 0 Å². The standard InChI is InChI=1S/C11H14N2O2/c1-8-4-3-5-11(12-8)15-10-6-13(7-10)9(2)14/h3-5,10H,6-7H2,1-2H3. The Labute approximate surface area is 88.9 Å². The monoisotopic (exact) mass is 206 g/mol. The molecule has 0 unspecified atom stereocenters. The number of hydrogen-bond acceptors (Lipinski definition) is 3. The Balaban J connectivity index is 1.87. The van der Waals surface area contributed by atoms with Crippen LogP contribution in [0.2, 0.25) is 0 Å². The normalized spacial score (nSPS) is 16.0. The average molecular weight is 206 g/mol. The summed E-state index contributed by atoms with van der Waals surface area (Å²) in [6, 6.07) is 5.68. The molecular formula is C11H14N2O2. The zero-order valence-corrected chi connectivity index (χ0v) is 8.93. The largest absolute Gasteiger partial charge is 0.471 e. The molecule has 2 rings (SSSR count). The van der Waals surface area contributed by atoms with Crippen LogP contribution in [0.15, 0.2) is 18.2 Å². The number of ether oxygens (including phenoxy) is 1. The second kappa shape index (κ2) is 3.88. The number of carbonyl (C=O) groups is 1. The summed E-state index contributed by atoms with van der Waals surface area (Å²) in [4.78, 5) is 16.9. The van der Waals surface area contributed by atoms with Crippen LogP contribution in [-0.4, -0.2) is 35.0 Å². The van der Waals surface area contributed by atoms with E-state index >= 15 is 0 Å². The molecule has 1 aliphatic rings. The smallest absolute Gasteiger partial charge is 0.219 e. The summed E-state index contributed by atoms with van der Waals surface area (Å²) in [5.41, 5.74) is 0.940. The van der Waals surface area contributed by atoms with Crippen molar-refractivity contribution in [2.24, 2.45) is 0 Å². The zero-order chi connectivity index (χ0) is 10.8. The van der Waals surface area contributed by atoms with Gasteiger partial charge in [-0.05, 0) is 13.0 Å². The summed E-state index contributed by atoms with van der Waals surface area (Å²) in [5.74, 6) is 0.746. The molecule has 0 saturated carbocycles. The molecule has 0 radical (unpaired) electrons. The van der Waals surface area contributed by atoms with E-state index in [1.54, 1.807) is 11.8 Å².